The molecule has 4 aromatic rings. The molecule has 1 fully saturated rings. The molecule has 1 aromatic carbocycles. The first kappa shape index (κ1) is 25.3. The molecule has 10 heteroatoms. The lowest BCUT2D eigenvalue weighted by Gasteiger charge is -2.34. The van der Waals surface area contributed by atoms with Gasteiger partial charge in [0.2, 0.25) is 5.91 Å². The van der Waals surface area contributed by atoms with E-state index in [-0.39, 0.29) is 17.9 Å². The zero-order valence-electron chi connectivity index (χ0n) is 20.6. The summed E-state index contributed by atoms with van der Waals surface area (Å²) in [6.07, 6.45) is 3.87. The Kier molecular flexibility index (Phi) is 8.08. The van der Waals surface area contributed by atoms with Crippen molar-refractivity contribution in [1.82, 2.24) is 25.7 Å². The molecule has 0 saturated carbocycles. The molecule has 0 unspecified atom stereocenters. The standard InChI is InChI=1S/C27H29N5O3S2/c1-28-25(33)22-10-5-6-13-32(22)14-7-12-29-26(34)24-19(11-15-36-24)27-30-21(17-37-27)23-16-20(31-35-23)18-8-3-2-4-9-18/h2-4,8-9,11,15-17,22H,5-7,10,12-14H2,1H3,(H,28,33)(H,29,34)/t22-/m0/s1. The second-order valence-corrected chi connectivity index (χ2v) is 10.7. The normalized spacial score (nSPS) is 16.0. The maximum Gasteiger partial charge on any atom is 0.262 e. The van der Waals surface area contributed by atoms with Gasteiger partial charge < -0.3 is 15.2 Å². The number of rotatable bonds is 9. The van der Waals surface area contributed by atoms with E-state index in [0.29, 0.717) is 22.9 Å². The molecule has 5 rings (SSSR count). The predicted molar refractivity (Wildman–Crippen MR) is 147 cm³/mol. The van der Waals surface area contributed by atoms with Crippen LogP contribution in [-0.2, 0) is 4.79 Å². The van der Waals surface area contributed by atoms with Crippen LogP contribution in [0.4, 0.5) is 0 Å². The SMILES string of the molecule is CNC(=O)[C@@H]1CCCCN1CCCNC(=O)c1sccc1-c1nc(-c2cc(-c3ccccc3)no2)cs1. The molecule has 3 aromatic heterocycles. The fourth-order valence-corrected chi connectivity index (χ4v) is 6.31. The van der Waals surface area contributed by atoms with Crippen LogP contribution >= 0.6 is 22.7 Å². The van der Waals surface area contributed by atoms with Gasteiger partial charge in [0.05, 0.1) is 6.04 Å². The lowest BCUT2D eigenvalue weighted by atomic mass is 10.0. The lowest BCUT2D eigenvalue weighted by Crippen LogP contribution is -2.49. The molecular weight excluding hydrogens is 506 g/mol. The van der Waals surface area contributed by atoms with Crippen LogP contribution in [-0.4, -0.2) is 59.6 Å². The Hall–Kier alpha value is -3.34. The first-order chi connectivity index (χ1) is 18.1. The van der Waals surface area contributed by atoms with Gasteiger partial charge in [0, 0.05) is 42.7 Å². The van der Waals surface area contributed by atoms with Crippen LogP contribution < -0.4 is 10.6 Å². The van der Waals surface area contributed by atoms with Crippen molar-refractivity contribution < 1.29 is 14.1 Å². The summed E-state index contributed by atoms with van der Waals surface area (Å²) in [7, 11) is 1.69. The average Bonchev–Trinajstić information content (AvgIpc) is 3.71. The number of carbonyl (C=O) groups is 2. The Bertz CT molecular complexity index is 1350. The number of nitrogens with zero attached hydrogens (tertiary/aromatic N) is 3. The zero-order chi connectivity index (χ0) is 25.6. The van der Waals surface area contributed by atoms with Crippen molar-refractivity contribution >= 4 is 34.5 Å². The Morgan fingerprint density at radius 3 is 2.84 bits per heavy atom. The van der Waals surface area contributed by atoms with E-state index in [9.17, 15) is 9.59 Å². The van der Waals surface area contributed by atoms with Crippen LogP contribution in [0.1, 0.15) is 35.4 Å². The van der Waals surface area contributed by atoms with E-state index in [0.717, 1.165) is 60.6 Å². The molecule has 2 N–H and O–H groups in total. The number of amides is 2. The fraction of sp³-hybridized carbons (Fsp3) is 0.333. The minimum absolute atomic E-state index is 0.0643. The summed E-state index contributed by atoms with van der Waals surface area (Å²) in [6.45, 7) is 2.26. The number of piperidine rings is 1. The third kappa shape index (κ3) is 5.82. The van der Waals surface area contributed by atoms with Crippen molar-refractivity contribution in [2.24, 2.45) is 0 Å². The van der Waals surface area contributed by atoms with Gasteiger partial charge in [-0.25, -0.2) is 4.98 Å². The van der Waals surface area contributed by atoms with Crippen LogP contribution in [0.15, 0.2) is 57.7 Å². The summed E-state index contributed by atoms with van der Waals surface area (Å²) in [5.41, 5.74) is 3.25. The number of thiophene rings is 1. The summed E-state index contributed by atoms with van der Waals surface area (Å²) < 4.78 is 5.55. The number of carbonyl (C=O) groups excluding carboxylic acids is 2. The Morgan fingerprint density at radius 2 is 2.00 bits per heavy atom. The van der Waals surface area contributed by atoms with Gasteiger partial charge in [0.15, 0.2) is 5.76 Å². The molecule has 8 nitrogen and oxygen atoms in total. The van der Waals surface area contributed by atoms with Gasteiger partial charge in [0.1, 0.15) is 21.3 Å². The third-order valence-corrected chi connectivity index (χ3v) is 8.30. The van der Waals surface area contributed by atoms with E-state index in [4.69, 9.17) is 9.51 Å². The van der Waals surface area contributed by atoms with E-state index in [1.165, 1.54) is 22.7 Å². The zero-order valence-corrected chi connectivity index (χ0v) is 22.2. The van der Waals surface area contributed by atoms with Crippen molar-refractivity contribution in [3.8, 4) is 33.3 Å². The van der Waals surface area contributed by atoms with Crippen LogP contribution in [0.5, 0.6) is 0 Å². The van der Waals surface area contributed by atoms with E-state index in [1.807, 2.05) is 53.2 Å². The molecule has 1 atom stereocenters. The van der Waals surface area contributed by atoms with Gasteiger partial charge in [-0.2, -0.15) is 0 Å². The number of nitrogens with one attached hydrogen (secondary N) is 2. The minimum Gasteiger partial charge on any atom is -0.358 e. The molecular formula is C27H29N5O3S2. The molecule has 2 amide bonds. The second-order valence-electron chi connectivity index (χ2n) is 8.91. The molecule has 1 aliphatic heterocycles. The highest BCUT2D eigenvalue weighted by atomic mass is 32.1. The number of likely N-dealkylation sites (tertiary alicyclic amines) is 1. The first-order valence-electron chi connectivity index (χ1n) is 12.4. The number of likely N-dealkylation sites (N-methyl/N-ethyl adjacent to an activating group) is 1. The van der Waals surface area contributed by atoms with E-state index < -0.39 is 0 Å². The Morgan fingerprint density at radius 1 is 1.14 bits per heavy atom. The van der Waals surface area contributed by atoms with Crippen LogP contribution in [0.2, 0.25) is 0 Å². The molecule has 0 spiro atoms. The van der Waals surface area contributed by atoms with E-state index >= 15 is 0 Å². The van der Waals surface area contributed by atoms with Crippen molar-refractivity contribution in [3.63, 3.8) is 0 Å². The van der Waals surface area contributed by atoms with Gasteiger partial charge >= 0.3 is 0 Å². The summed E-state index contributed by atoms with van der Waals surface area (Å²) in [5.74, 6) is 0.570. The first-order valence-corrected chi connectivity index (χ1v) is 14.2. The molecule has 1 aliphatic rings. The van der Waals surface area contributed by atoms with Crippen molar-refractivity contribution in [2.75, 3.05) is 26.7 Å². The molecule has 0 bridgehead atoms. The number of aromatic nitrogens is 2. The van der Waals surface area contributed by atoms with E-state index in [2.05, 4.69) is 20.7 Å². The summed E-state index contributed by atoms with van der Waals surface area (Å²) in [4.78, 5) is 32.8. The highest BCUT2D eigenvalue weighted by Crippen LogP contribution is 2.34. The number of thiazole rings is 1. The molecule has 1 saturated heterocycles. The number of hydrogen-bond acceptors (Lipinski definition) is 8. The quantitative estimate of drug-likeness (QED) is 0.295. The average molecular weight is 536 g/mol. The summed E-state index contributed by atoms with van der Waals surface area (Å²) >= 11 is 2.88. The smallest absolute Gasteiger partial charge is 0.262 e. The van der Waals surface area contributed by atoms with Crippen LogP contribution in [0.3, 0.4) is 0 Å². The van der Waals surface area contributed by atoms with Gasteiger partial charge in [-0.3, -0.25) is 14.5 Å². The van der Waals surface area contributed by atoms with Gasteiger partial charge in [-0.15, -0.1) is 22.7 Å². The highest BCUT2D eigenvalue weighted by Gasteiger charge is 2.27. The van der Waals surface area contributed by atoms with Crippen molar-refractivity contribution in [1.29, 1.82) is 0 Å². The van der Waals surface area contributed by atoms with Gasteiger partial charge in [-0.1, -0.05) is 41.9 Å². The van der Waals surface area contributed by atoms with Gasteiger partial charge in [0.25, 0.3) is 5.91 Å². The van der Waals surface area contributed by atoms with Crippen molar-refractivity contribution in [2.45, 2.75) is 31.7 Å². The predicted octanol–water partition coefficient (Wildman–Crippen LogP) is 4.91. The largest absolute Gasteiger partial charge is 0.358 e. The minimum atomic E-state index is -0.103. The Balaban J connectivity index is 1.19. The topological polar surface area (TPSA) is 100 Å². The Labute approximate surface area is 223 Å². The number of hydrogen-bond donors (Lipinski definition) is 2. The van der Waals surface area contributed by atoms with E-state index in [1.54, 1.807) is 7.05 Å². The molecule has 37 heavy (non-hydrogen) atoms. The van der Waals surface area contributed by atoms with Crippen LogP contribution in [0.25, 0.3) is 33.3 Å². The summed E-state index contributed by atoms with van der Waals surface area (Å²) in [5, 5.41) is 14.6. The fourth-order valence-electron chi connectivity index (χ4n) is 4.59. The van der Waals surface area contributed by atoms with Gasteiger partial charge in [-0.05, 0) is 37.3 Å². The molecule has 4 heterocycles. The van der Waals surface area contributed by atoms with Crippen molar-refractivity contribution in [3.05, 3.63) is 58.1 Å². The molecule has 192 valence electrons. The maximum atomic E-state index is 13.0. The number of benzene rings is 1. The van der Waals surface area contributed by atoms with Crippen LogP contribution in [0, 0.1) is 0 Å². The lowest BCUT2D eigenvalue weighted by molar-refractivity contribution is -0.127. The highest BCUT2D eigenvalue weighted by molar-refractivity contribution is 7.15. The maximum absolute atomic E-state index is 13.0. The third-order valence-electron chi connectivity index (χ3n) is 6.51. The summed E-state index contributed by atoms with van der Waals surface area (Å²) in [6, 6.07) is 13.6. The molecule has 0 aliphatic carbocycles. The monoisotopic (exact) mass is 535 g/mol. The second kappa shape index (κ2) is 11.8. The molecule has 0 radical (unpaired) electrons.